The molecule has 0 radical (unpaired) electrons. The highest BCUT2D eigenvalue weighted by Gasteiger charge is 2.22. The number of carboxylic acids is 1. The minimum absolute atomic E-state index is 0.0931. The van der Waals surface area contributed by atoms with E-state index in [1.54, 1.807) is 10.6 Å². The van der Waals surface area contributed by atoms with Crippen molar-refractivity contribution in [1.82, 2.24) is 9.47 Å². The van der Waals surface area contributed by atoms with Gasteiger partial charge in [0.05, 0.1) is 11.2 Å². The summed E-state index contributed by atoms with van der Waals surface area (Å²) in [6, 6.07) is 21.8. The van der Waals surface area contributed by atoms with Crippen LogP contribution >= 0.6 is 0 Å². The van der Waals surface area contributed by atoms with E-state index in [9.17, 15) is 14.7 Å². The fourth-order valence-electron chi connectivity index (χ4n) is 4.89. The van der Waals surface area contributed by atoms with Crippen LogP contribution in [-0.2, 0) is 13.1 Å². The van der Waals surface area contributed by atoms with Crippen LogP contribution in [0.2, 0.25) is 0 Å². The van der Waals surface area contributed by atoms with E-state index in [0.717, 1.165) is 19.6 Å². The Morgan fingerprint density at radius 2 is 1.61 bits per heavy atom. The SMILES string of the molecule is CCn1cc(C(=O)O)c(=O)c2cc(F)c(N3CCN(Cc4ccc(-c5ccccc5)cc4)CC3)cc21. The topological polar surface area (TPSA) is 65.8 Å². The molecule has 1 aromatic heterocycles. The molecule has 0 bridgehead atoms. The van der Waals surface area contributed by atoms with Crippen molar-refractivity contribution in [3.63, 3.8) is 0 Å². The summed E-state index contributed by atoms with van der Waals surface area (Å²) in [5, 5.41) is 9.44. The Balaban J connectivity index is 1.30. The van der Waals surface area contributed by atoms with Gasteiger partial charge in [-0.25, -0.2) is 9.18 Å². The normalized spacial score (nSPS) is 14.3. The van der Waals surface area contributed by atoms with E-state index in [2.05, 4.69) is 41.3 Å². The van der Waals surface area contributed by atoms with Crippen molar-refractivity contribution in [2.75, 3.05) is 31.1 Å². The van der Waals surface area contributed by atoms with E-state index in [0.29, 0.717) is 30.8 Å². The van der Waals surface area contributed by atoms with Gasteiger partial charge in [-0.15, -0.1) is 0 Å². The predicted octanol–water partition coefficient (Wildman–Crippen LogP) is 4.85. The number of piperazine rings is 1. The number of hydrogen-bond donors (Lipinski definition) is 1. The summed E-state index contributed by atoms with van der Waals surface area (Å²) in [5.41, 5.74) is 3.61. The number of rotatable bonds is 6. The van der Waals surface area contributed by atoms with Crippen molar-refractivity contribution < 1.29 is 14.3 Å². The van der Waals surface area contributed by atoms with Crippen LogP contribution in [0.1, 0.15) is 22.8 Å². The van der Waals surface area contributed by atoms with Crippen molar-refractivity contribution in [3.8, 4) is 11.1 Å². The maximum atomic E-state index is 15.1. The van der Waals surface area contributed by atoms with E-state index in [-0.39, 0.29) is 10.9 Å². The van der Waals surface area contributed by atoms with Gasteiger partial charge in [0.25, 0.3) is 0 Å². The van der Waals surface area contributed by atoms with Gasteiger partial charge in [0.15, 0.2) is 0 Å². The maximum Gasteiger partial charge on any atom is 0.341 e. The van der Waals surface area contributed by atoms with Gasteiger partial charge in [0, 0.05) is 50.9 Å². The monoisotopic (exact) mass is 485 g/mol. The first kappa shape index (κ1) is 23.8. The van der Waals surface area contributed by atoms with Crippen molar-refractivity contribution in [2.45, 2.75) is 20.0 Å². The molecule has 1 aliphatic rings. The molecule has 1 fully saturated rings. The van der Waals surface area contributed by atoms with Crippen molar-refractivity contribution in [1.29, 1.82) is 0 Å². The Labute approximate surface area is 208 Å². The number of fused-ring (bicyclic) bond motifs is 1. The molecule has 1 N–H and O–H groups in total. The minimum atomic E-state index is -1.31. The molecule has 0 aliphatic carbocycles. The summed E-state index contributed by atoms with van der Waals surface area (Å²) >= 11 is 0. The van der Waals surface area contributed by atoms with Gasteiger partial charge in [-0.1, -0.05) is 54.6 Å². The highest BCUT2D eigenvalue weighted by atomic mass is 19.1. The summed E-state index contributed by atoms with van der Waals surface area (Å²) in [4.78, 5) is 28.4. The number of aromatic carboxylic acids is 1. The van der Waals surface area contributed by atoms with E-state index >= 15 is 4.39 Å². The van der Waals surface area contributed by atoms with Crippen molar-refractivity contribution in [2.24, 2.45) is 0 Å². The summed E-state index contributed by atoms with van der Waals surface area (Å²) < 4.78 is 16.8. The molecule has 7 heteroatoms. The first-order valence-corrected chi connectivity index (χ1v) is 12.2. The van der Waals surface area contributed by atoms with Crippen LogP contribution in [0.25, 0.3) is 22.0 Å². The van der Waals surface area contributed by atoms with Gasteiger partial charge in [0.2, 0.25) is 5.43 Å². The highest BCUT2D eigenvalue weighted by Crippen LogP contribution is 2.27. The summed E-state index contributed by atoms with van der Waals surface area (Å²) in [6.07, 6.45) is 1.34. The van der Waals surface area contributed by atoms with Gasteiger partial charge >= 0.3 is 5.97 Å². The number of nitrogens with zero attached hydrogens (tertiary/aromatic N) is 3. The number of aryl methyl sites for hydroxylation is 1. The second kappa shape index (κ2) is 9.95. The van der Waals surface area contributed by atoms with Gasteiger partial charge in [-0.05, 0) is 35.7 Å². The zero-order valence-electron chi connectivity index (χ0n) is 20.2. The lowest BCUT2D eigenvalue weighted by Gasteiger charge is -2.36. The van der Waals surface area contributed by atoms with Crippen LogP contribution in [0, 0.1) is 5.82 Å². The maximum absolute atomic E-state index is 15.1. The molecule has 0 atom stereocenters. The third kappa shape index (κ3) is 4.62. The number of halogens is 1. The summed E-state index contributed by atoms with van der Waals surface area (Å²) in [6.45, 7) is 6.06. The molecule has 36 heavy (non-hydrogen) atoms. The van der Waals surface area contributed by atoms with Crippen LogP contribution in [0.3, 0.4) is 0 Å². The lowest BCUT2D eigenvalue weighted by atomic mass is 10.0. The predicted molar refractivity (Wildman–Crippen MR) is 140 cm³/mol. The number of anilines is 1. The Hall–Kier alpha value is -3.97. The van der Waals surface area contributed by atoms with E-state index in [4.69, 9.17) is 0 Å². The van der Waals surface area contributed by atoms with E-state index in [1.807, 2.05) is 30.0 Å². The Kier molecular flexibility index (Phi) is 6.57. The number of carboxylic acid groups (broad SMARTS) is 1. The molecular formula is C29H28FN3O3. The Morgan fingerprint density at radius 3 is 2.25 bits per heavy atom. The molecule has 2 heterocycles. The zero-order valence-corrected chi connectivity index (χ0v) is 20.2. The molecule has 0 spiro atoms. The van der Waals surface area contributed by atoms with Gasteiger partial charge in [-0.2, -0.15) is 0 Å². The molecule has 0 amide bonds. The fourth-order valence-corrected chi connectivity index (χ4v) is 4.89. The highest BCUT2D eigenvalue weighted by molar-refractivity contribution is 5.93. The Bertz CT molecular complexity index is 1460. The molecule has 184 valence electrons. The number of pyridine rings is 1. The molecule has 6 nitrogen and oxygen atoms in total. The molecule has 0 saturated carbocycles. The van der Waals surface area contributed by atoms with Crippen LogP contribution < -0.4 is 10.3 Å². The summed E-state index contributed by atoms with van der Waals surface area (Å²) in [5.74, 6) is -1.81. The largest absolute Gasteiger partial charge is 0.477 e. The van der Waals surface area contributed by atoms with Crippen molar-refractivity contribution >= 4 is 22.6 Å². The molecule has 5 rings (SSSR count). The second-order valence-electron chi connectivity index (χ2n) is 9.11. The van der Waals surface area contributed by atoms with Gasteiger partial charge in [-0.3, -0.25) is 9.69 Å². The number of aromatic nitrogens is 1. The quantitative estimate of drug-likeness (QED) is 0.423. The number of hydrogen-bond acceptors (Lipinski definition) is 4. The van der Waals surface area contributed by atoms with Crippen LogP contribution in [0.15, 0.2) is 77.7 Å². The molecule has 4 aromatic rings. The minimum Gasteiger partial charge on any atom is -0.477 e. The first-order chi connectivity index (χ1) is 17.4. The van der Waals surface area contributed by atoms with Gasteiger partial charge < -0.3 is 14.6 Å². The average molecular weight is 486 g/mol. The van der Waals surface area contributed by atoms with Gasteiger partial charge in [0.1, 0.15) is 11.4 Å². The van der Waals surface area contributed by atoms with Crippen LogP contribution in [-0.4, -0.2) is 46.7 Å². The zero-order chi connectivity index (χ0) is 25.2. The number of benzene rings is 3. The Morgan fingerprint density at radius 1 is 0.944 bits per heavy atom. The number of carbonyl (C=O) groups is 1. The van der Waals surface area contributed by atoms with Crippen LogP contribution in [0.5, 0.6) is 0 Å². The van der Waals surface area contributed by atoms with E-state index in [1.165, 1.54) is 29.0 Å². The standard InChI is InChI=1S/C29H28FN3O3/c1-2-32-19-24(29(35)36)28(34)23-16-25(30)27(17-26(23)32)33-14-12-31(13-15-33)18-20-8-10-22(11-9-20)21-6-4-3-5-7-21/h3-11,16-17,19H,2,12-15,18H2,1H3,(H,35,36). The molecule has 1 aliphatic heterocycles. The molecule has 0 unspecified atom stereocenters. The first-order valence-electron chi connectivity index (χ1n) is 12.2. The second-order valence-corrected chi connectivity index (χ2v) is 9.11. The van der Waals surface area contributed by atoms with E-state index < -0.39 is 17.2 Å². The third-order valence-corrected chi connectivity index (χ3v) is 6.90. The smallest absolute Gasteiger partial charge is 0.341 e. The third-order valence-electron chi connectivity index (χ3n) is 6.90. The lowest BCUT2D eigenvalue weighted by Crippen LogP contribution is -2.46. The fraction of sp³-hybridized carbons (Fsp3) is 0.241. The average Bonchev–Trinajstić information content (AvgIpc) is 2.90. The van der Waals surface area contributed by atoms with Crippen molar-refractivity contribution in [3.05, 3.63) is 100 Å². The lowest BCUT2D eigenvalue weighted by molar-refractivity contribution is 0.0695. The summed E-state index contributed by atoms with van der Waals surface area (Å²) in [7, 11) is 0. The molecule has 1 saturated heterocycles. The molecule has 3 aromatic carbocycles. The molecular weight excluding hydrogens is 457 g/mol. The van der Waals surface area contributed by atoms with Crippen LogP contribution in [0.4, 0.5) is 10.1 Å².